The van der Waals surface area contributed by atoms with Crippen LogP contribution < -0.4 is 0 Å². The average Bonchev–Trinajstić information content (AvgIpc) is 2.33. The van der Waals surface area contributed by atoms with Crippen LogP contribution in [0, 0.1) is 35.0 Å². The van der Waals surface area contributed by atoms with Crippen molar-refractivity contribution in [2.75, 3.05) is 0 Å². The molecule has 6 atom stereocenters. The summed E-state index contributed by atoms with van der Waals surface area (Å²) in [6.45, 7) is 12.4. The largest absolute Gasteiger partial charge is 0.0654 e. The van der Waals surface area contributed by atoms with E-state index in [0.717, 1.165) is 29.6 Å². The van der Waals surface area contributed by atoms with Crippen LogP contribution in [-0.4, -0.2) is 0 Å². The molecule has 0 aromatic carbocycles. The van der Waals surface area contributed by atoms with Crippen molar-refractivity contribution in [2.45, 2.75) is 60.3 Å². The highest BCUT2D eigenvalue weighted by molar-refractivity contribution is 5.06. The van der Waals surface area contributed by atoms with Gasteiger partial charge in [-0.3, -0.25) is 0 Å². The maximum atomic E-state index is 2.58. The SMILES string of the molecule is CCCC(C)C1(C)CC(C)C2C(C)CC21. The molecule has 0 amide bonds. The molecule has 2 rings (SSSR count). The highest BCUT2D eigenvalue weighted by Crippen LogP contribution is 2.65. The highest BCUT2D eigenvalue weighted by Gasteiger charge is 2.57. The van der Waals surface area contributed by atoms with Gasteiger partial charge in [-0.15, -0.1) is 0 Å². The minimum Gasteiger partial charge on any atom is -0.0654 e. The Morgan fingerprint density at radius 2 is 1.93 bits per heavy atom. The van der Waals surface area contributed by atoms with Crippen molar-refractivity contribution in [3.8, 4) is 0 Å². The normalized spacial score (nSPS) is 51.0. The molecule has 0 heteroatoms. The molecule has 0 N–H and O–H groups in total. The molecule has 0 aliphatic heterocycles. The van der Waals surface area contributed by atoms with Gasteiger partial charge in [-0.05, 0) is 47.8 Å². The molecule has 15 heavy (non-hydrogen) atoms. The Morgan fingerprint density at radius 1 is 1.27 bits per heavy atom. The second-order valence-corrected chi connectivity index (χ2v) is 6.77. The van der Waals surface area contributed by atoms with Gasteiger partial charge < -0.3 is 0 Å². The van der Waals surface area contributed by atoms with Crippen LogP contribution in [0.25, 0.3) is 0 Å². The third kappa shape index (κ3) is 1.56. The first-order chi connectivity index (χ1) is 7.00. The summed E-state index contributed by atoms with van der Waals surface area (Å²) in [5, 5.41) is 0. The second-order valence-electron chi connectivity index (χ2n) is 6.77. The Morgan fingerprint density at radius 3 is 2.40 bits per heavy atom. The van der Waals surface area contributed by atoms with Gasteiger partial charge in [0.05, 0.1) is 0 Å². The first-order valence-electron chi connectivity index (χ1n) is 7.00. The quantitative estimate of drug-likeness (QED) is 0.628. The topological polar surface area (TPSA) is 0 Å². The van der Waals surface area contributed by atoms with Crippen LogP contribution >= 0.6 is 0 Å². The standard InChI is InChI=1S/C15H28/c1-6-7-12(4)15(5)9-11(3)14-10(2)8-13(14)15/h10-14H,6-9H2,1-5H3. The van der Waals surface area contributed by atoms with Crippen molar-refractivity contribution in [1.82, 2.24) is 0 Å². The van der Waals surface area contributed by atoms with Crippen molar-refractivity contribution in [3.05, 3.63) is 0 Å². The van der Waals surface area contributed by atoms with Gasteiger partial charge in [0.2, 0.25) is 0 Å². The molecule has 88 valence electrons. The van der Waals surface area contributed by atoms with Crippen molar-refractivity contribution in [1.29, 1.82) is 0 Å². The van der Waals surface area contributed by atoms with E-state index in [1.165, 1.54) is 25.7 Å². The van der Waals surface area contributed by atoms with E-state index in [0.29, 0.717) is 5.41 Å². The number of hydrogen-bond donors (Lipinski definition) is 0. The fraction of sp³-hybridized carbons (Fsp3) is 1.00. The number of rotatable bonds is 3. The minimum absolute atomic E-state index is 0.673. The van der Waals surface area contributed by atoms with Gasteiger partial charge in [0.15, 0.2) is 0 Å². The van der Waals surface area contributed by atoms with E-state index < -0.39 is 0 Å². The van der Waals surface area contributed by atoms with Crippen LogP contribution in [0.1, 0.15) is 60.3 Å². The van der Waals surface area contributed by atoms with E-state index in [9.17, 15) is 0 Å². The smallest absolute Gasteiger partial charge is 0.0266 e. The zero-order valence-electron chi connectivity index (χ0n) is 11.2. The minimum atomic E-state index is 0.673. The zero-order chi connectivity index (χ0) is 11.2. The summed E-state index contributed by atoms with van der Waals surface area (Å²) >= 11 is 0. The molecule has 0 nitrogen and oxygen atoms in total. The van der Waals surface area contributed by atoms with Crippen LogP contribution in [0.5, 0.6) is 0 Å². The third-order valence-electron chi connectivity index (χ3n) is 5.86. The van der Waals surface area contributed by atoms with E-state index in [1.807, 2.05) is 0 Å². The van der Waals surface area contributed by atoms with Gasteiger partial charge in [0, 0.05) is 0 Å². The molecule has 2 fully saturated rings. The maximum absolute atomic E-state index is 2.58. The van der Waals surface area contributed by atoms with Crippen molar-refractivity contribution >= 4 is 0 Å². The fourth-order valence-corrected chi connectivity index (χ4v) is 4.89. The zero-order valence-corrected chi connectivity index (χ0v) is 11.2. The first-order valence-corrected chi connectivity index (χ1v) is 7.00. The summed E-state index contributed by atoms with van der Waals surface area (Å²) < 4.78 is 0. The third-order valence-corrected chi connectivity index (χ3v) is 5.86. The molecular weight excluding hydrogens is 180 g/mol. The average molecular weight is 208 g/mol. The van der Waals surface area contributed by atoms with E-state index in [4.69, 9.17) is 0 Å². The van der Waals surface area contributed by atoms with E-state index in [1.54, 1.807) is 0 Å². The molecule has 0 radical (unpaired) electrons. The van der Waals surface area contributed by atoms with Crippen LogP contribution in [0.2, 0.25) is 0 Å². The van der Waals surface area contributed by atoms with Crippen LogP contribution in [0.15, 0.2) is 0 Å². The van der Waals surface area contributed by atoms with Crippen molar-refractivity contribution in [3.63, 3.8) is 0 Å². The van der Waals surface area contributed by atoms with Gasteiger partial charge in [0.25, 0.3) is 0 Å². The fourth-order valence-electron chi connectivity index (χ4n) is 4.89. The monoisotopic (exact) mass is 208 g/mol. The Bertz CT molecular complexity index is 232. The highest BCUT2D eigenvalue weighted by atomic mass is 14.6. The number of fused-ring (bicyclic) bond motifs is 1. The van der Waals surface area contributed by atoms with Crippen molar-refractivity contribution < 1.29 is 0 Å². The predicted octanol–water partition coefficient (Wildman–Crippen LogP) is 4.74. The molecule has 0 spiro atoms. The summed E-state index contributed by atoms with van der Waals surface area (Å²) in [5.74, 6) is 5.06. The Balaban J connectivity index is 2.10. The molecule has 2 aliphatic rings. The molecule has 2 aliphatic carbocycles. The van der Waals surface area contributed by atoms with E-state index >= 15 is 0 Å². The summed E-state index contributed by atoms with van der Waals surface area (Å²) in [6.07, 6.45) is 5.80. The number of hydrogen-bond acceptors (Lipinski definition) is 0. The lowest BCUT2D eigenvalue weighted by Crippen LogP contribution is -2.42. The van der Waals surface area contributed by atoms with Gasteiger partial charge in [-0.1, -0.05) is 47.5 Å². The van der Waals surface area contributed by atoms with Crippen LogP contribution in [-0.2, 0) is 0 Å². The lowest BCUT2D eigenvalue weighted by Gasteiger charge is -2.49. The molecule has 0 bridgehead atoms. The van der Waals surface area contributed by atoms with Gasteiger partial charge in [-0.2, -0.15) is 0 Å². The van der Waals surface area contributed by atoms with Crippen LogP contribution in [0.3, 0.4) is 0 Å². The predicted molar refractivity (Wildman–Crippen MR) is 66.7 cm³/mol. The summed E-state index contributed by atoms with van der Waals surface area (Å²) in [7, 11) is 0. The molecule has 0 aromatic heterocycles. The van der Waals surface area contributed by atoms with Crippen LogP contribution in [0.4, 0.5) is 0 Å². The molecule has 0 saturated heterocycles. The van der Waals surface area contributed by atoms with E-state index in [2.05, 4.69) is 34.6 Å². The lowest BCUT2D eigenvalue weighted by molar-refractivity contribution is -0.00165. The van der Waals surface area contributed by atoms with Gasteiger partial charge >= 0.3 is 0 Å². The first kappa shape index (κ1) is 11.5. The van der Waals surface area contributed by atoms with Gasteiger partial charge in [-0.25, -0.2) is 0 Å². The van der Waals surface area contributed by atoms with Gasteiger partial charge in [0.1, 0.15) is 0 Å². The summed E-state index contributed by atoms with van der Waals surface area (Å²) in [4.78, 5) is 0. The maximum Gasteiger partial charge on any atom is -0.0266 e. The Labute approximate surface area is 95.8 Å². The summed E-state index contributed by atoms with van der Waals surface area (Å²) in [6, 6.07) is 0. The summed E-state index contributed by atoms with van der Waals surface area (Å²) in [5.41, 5.74) is 0.673. The lowest BCUT2D eigenvalue weighted by atomic mass is 9.56. The molecule has 6 unspecified atom stereocenters. The molecular formula is C15H28. The Kier molecular flexibility index (Phi) is 2.90. The molecule has 0 heterocycles. The van der Waals surface area contributed by atoms with E-state index in [-0.39, 0.29) is 0 Å². The molecule has 0 aromatic rings. The second kappa shape index (κ2) is 3.79. The van der Waals surface area contributed by atoms with Crippen molar-refractivity contribution in [2.24, 2.45) is 35.0 Å². The Hall–Kier alpha value is 0. The molecule has 2 saturated carbocycles.